The summed E-state index contributed by atoms with van der Waals surface area (Å²) >= 11 is 0. The van der Waals surface area contributed by atoms with Gasteiger partial charge in [0.2, 0.25) is 0 Å². The first-order chi connectivity index (χ1) is 24.8. The van der Waals surface area contributed by atoms with Crippen molar-refractivity contribution in [3.63, 3.8) is 0 Å². The third-order valence-corrected chi connectivity index (χ3v) is 11.0. The van der Waals surface area contributed by atoms with E-state index in [1.165, 1.54) is 94.3 Å². The Kier molecular flexibility index (Phi) is 5.85. The summed E-state index contributed by atoms with van der Waals surface area (Å²) in [7, 11) is 0. The zero-order valence-corrected chi connectivity index (χ0v) is 27.4. The van der Waals surface area contributed by atoms with Crippen molar-refractivity contribution in [2.75, 3.05) is 4.90 Å². The maximum atomic E-state index is 2.66. The number of benzene rings is 7. The summed E-state index contributed by atoms with van der Waals surface area (Å²) in [6.45, 7) is 0.0908. The van der Waals surface area contributed by atoms with Crippen molar-refractivity contribution in [3.8, 4) is 33.4 Å². The van der Waals surface area contributed by atoms with Gasteiger partial charge in [0, 0.05) is 44.4 Å². The maximum absolute atomic E-state index is 2.66. The minimum Gasteiger partial charge on any atom is -0.376 e. The molecule has 232 valence electrons. The molecule has 3 heteroatoms. The summed E-state index contributed by atoms with van der Waals surface area (Å²) in [6, 6.07) is 62.5. The molecule has 8 aromatic rings. The van der Waals surface area contributed by atoms with E-state index in [1.807, 2.05) is 0 Å². The van der Waals surface area contributed by atoms with Crippen molar-refractivity contribution in [2.45, 2.75) is 6.42 Å². The molecule has 11 rings (SSSR count). The van der Waals surface area contributed by atoms with Crippen LogP contribution in [0.1, 0.15) is 12.0 Å². The second-order valence-corrected chi connectivity index (χ2v) is 13.7. The summed E-state index contributed by atoms with van der Waals surface area (Å²) in [6.07, 6.45) is 3.37. The number of hydrogen-bond acceptors (Lipinski definition) is 1. The van der Waals surface area contributed by atoms with Gasteiger partial charge in [-0.25, -0.2) is 0 Å². The highest BCUT2D eigenvalue weighted by Gasteiger charge is 2.45. The van der Waals surface area contributed by atoms with Gasteiger partial charge in [0.15, 0.2) is 0 Å². The van der Waals surface area contributed by atoms with Gasteiger partial charge in [-0.05, 0) is 92.7 Å². The average molecular weight is 635 g/mol. The molecule has 3 aliphatic rings. The van der Waals surface area contributed by atoms with E-state index >= 15 is 0 Å². The largest absolute Gasteiger partial charge is 0.376 e. The van der Waals surface area contributed by atoms with Gasteiger partial charge in [-0.3, -0.25) is 0 Å². The van der Waals surface area contributed by atoms with Crippen LogP contribution in [0.4, 0.5) is 11.4 Å². The van der Waals surface area contributed by atoms with Crippen LogP contribution in [0.3, 0.4) is 0 Å². The van der Waals surface area contributed by atoms with Crippen molar-refractivity contribution in [1.29, 1.82) is 0 Å². The van der Waals surface area contributed by atoms with E-state index in [4.69, 9.17) is 0 Å². The smallest absolute Gasteiger partial charge is 0.329 e. The monoisotopic (exact) mass is 634 g/mol. The van der Waals surface area contributed by atoms with Gasteiger partial charge in [-0.15, -0.1) is 0 Å². The number of allylic oxidation sites excluding steroid dienone is 3. The van der Waals surface area contributed by atoms with Gasteiger partial charge in [0.1, 0.15) is 0 Å². The molecule has 0 atom stereocenters. The molecule has 2 nitrogen and oxygen atoms in total. The lowest BCUT2D eigenvalue weighted by atomic mass is 9.44. The van der Waals surface area contributed by atoms with E-state index in [1.54, 1.807) is 0 Å². The van der Waals surface area contributed by atoms with Crippen LogP contribution in [0.2, 0.25) is 0 Å². The Balaban J connectivity index is 1.23. The number of rotatable bonds is 4. The Morgan fingerprint density at radius 2 is 1.08 bits per heavy atom. The lowest BCUT2D eigenvalue weighted by Crippen LogP contribution is -2.49. The molecular formula is C47H31BN2. The predicted octanol–water partition coefficient (Wildman–Crippen LogP) is 11.3. The van der Waals surface area contributed by atoms with Gasteiger partial charge in [0.05, 0.1) is 0 Å². The molecule has 1 aromatic heterocycles. The number of aromatic nitrogens is 1. The lowest BCUT2D eigenvalue weighted by molar-refractivity contribution is 1.16. The van der Waals surface area contributed by atoms with Crippen LogP contribution >= 0.6 is 0 Å². The molecule has 50 heavy (non-hydrogen) atoms. The summed E-state index contributed by atoms with van der Waals surface area (Å²) in [5, 5.41) is 2.65. The highest BCUT2D eigenvalue weighted by Crippen LogP contribution is 2.50. The molecule has 0 saturated heterocycles. The van der Waals surface area contributed by atoms with E-state index in [0.29, 0.717) is 0 Å². The predicted molar refractivity (Wildman–Crippen MR) is 211 cm³/mol. The Labute approximate surface area is 292 Å². The second-order valence-electron chi connectivity index (χ2n) is 13.7. The normalized spacial score (nSPS) is 14.3. The molecule has 7 aromatic carbocycles. The third-order valence-electron chi connectivity index (χ3n) is 11.0. The first kappa shape index (κ1) is 27.6. The molecule has 0 amide bonds. The van der Waals surface area contributed by atoms with E-state index < -0.39 is 0 Å². The molecule has 0 fully saturated rings. The highest BCUT2D eigenvalue weighted by atomic mass is 15.2. The Hall–Kier alpha value is -6.32. The van der Waals surface area contributed by atoms with Crippen molar-refractivity contribution in [2.24, 2.45) is 0 Å². The van der Waals surface area contributed by atoms with Gasteiger partial charge >= 0.3 is 6.85 Å². The van der Waals surface area contributed by atoms with Crippen LogP contribution < -0.4 is 10.4 Å². The molecule has 0 radical (unpaired) electrons. The van der Waals surface area contributed by atoms with E-state index in [9.17, 15) is 0 Å². The number of hydrogen-bond donors (Lipinski definition) is 0. The second kappa shape index (κ2) is 10.6. The summed E-state index contributed by atoms with van der Waals surface area (Å²) in [5.41, 5.74) is 19.3. The van der Waals surface area contributed by atoms with Crippen molar-refractivity contribution in [1.82, 2.24) is 4.48 Å². The van der Waals surface area contributed by atoms with Gasteiger partial charge < -0.3 is 9.38 Å². The number of fused-ring (bicyclic) bond motifs is 6. The molecule has 0 spiro atoms. The first-order valence-corrected chi connectivity index (χ1v) is 17.5. The van der Waals surface area contributed by atoms with E-state index in [2.05, 4.69) is 185 Å². The fourth-order valence-corrected chi connectivity index (χ4v) is 8.90. The van der Waals surface area contributed by atoms with Gasteiger partial charge in [-0.1, -0.05) is 140 Å². The van der Waals surface area contributed by atoms with Crippen molar-refractivity contribution < 1.29 is 0 Å². The molecule has 0 unspecified atom stereocenters. The summed E-state index contributed by atoms with van der Waals surface area (Å²) < 4.78 is 2.66. The zero-order valence-electron chi connectivity index (χ0n) is 27.4. The van der Waals surface area contributed by atoms with Crippen LogP contribution in [-0.4, -0.2) is 11.3 Å². The lowest BCUT2D eigenvalue weighted by Gasteiger charge is -2.40. The molecule has 0 saturated carbocycles. The van der Waals surface area contributed by atoms with E-state index in [-0.39, 0.29) is 6.85 Å². The van der Waals surface area contributed by atoms with Crippen LogP contribution in [0.15, 0.2) is 187 Å². The Bertz CT molecular complexity index is 2660. The van der Waals surface area contributed by atoms with Crippen LogP contribution in [0.25, 0.3) is 60.8 Å². The third kappa shape index (κ3) is 3.92. The highest BCUT2D eigenvalue weighted by molar-refractivity contribution is 6.84. The maximum Gasteiger partial charge on any atom is 0.329 e. The van der Waals surface area contributed by atoms with Crippen LogP contribution in [-0.2, 0) is 0 Å². The first-order valence-electron chi connectivity index (χ1n) is 17.5. The fraction of sp³-hybridized carbons (Fsp3) is 0.0213. The number of para-hydroxylation sites is 2. The minimum absolute atomic E-state index is 0.0908. The van der Waals surface area contributed by atoms with Crippen molar-refractivity contribution >= 4 is 51.1 Å². The van der Waals surface area contributed by atoms with Crippen LogP contribution in [0.5, 0.6) is 0 Å². The van der Waals surface area contributed by atoms with Gasteiger partial charge in [-0.2, -0.15) is 0 Å². The molecule has 2 aliphatic heterocycles. The topological polar surface area (TPSA) is 8.17 Å². The Morgan fingerprint density at radius 3 is 1.80 bits per heavy atom. The molecule has 0 bridgehead atoms. The number of nitrogens with zero attached hydrogens (tertiary/aromatic N) is 2. The quantitative estimate of drug-likeness (QED) is 0.175. The van der Waals surface area contributed by atoms with E-state index in [0.717, 1.165) is 6.42 Å². The summed E-state index contributed by atoms with van der Waals surface area (Å²) in [5.74, 6) is 0. The Morgan fingerprint density at radius 1 is 0.480 bits per heavy atom. The molecule has 0 N–H and O–H groups in total. The molecule has 1 aliphatic carbocycles. The van der Waals surface area contributed by atoms with Gasteiger partial charge in [0.25, 0.3) is 0 Å². The average Bonchev–Trinajstić information content (AvgIpc) is 3.78. The summed E-state index contributed by atoms with van der Waals surface area (Å²) in [4.78, 5) is 2.57. The number of anilines is 2. The van der Waals surface area contributed by atoms with Crippen LogP contribution in [0, 0.1) is 0 Å². The van der Waals surface area contributed by atoms with Crippen molar-refractivity contribution in [3.05, 3.63) is 193 Å². The zero-order chi connectivity index (χ0) is 32.8. The standard InChI is InChI=1S/C47H31BN2/c1-4-14-31(15-5-1)34-26-35(32-16-6-2-7-17-32)28-37(27-34)49-44-25-13-21-39-41-23-12-22-40-38-20-10-11-24-43(38)50(47(40)41)48(46(39)44)42-29-36(30-45(42)49)33-18-8-3-9-19-33/h1-28,30H,29H2. The minimum atomic E-state index is 0.0908. The fourth-order valence-electron chi connectivity index (χ4n) is 8.90. The SMILES string of the molecule is C1=C(c2ccccc2)CC2=C1N(c1cc(-c3ccccc3)cc(-c3ccccc3)c1)c1cccc3c1B2n1c2ccccc2c2cccc-3c21. The molecular weight excluding hydrogens is 603 g/mol. The molecule has 3 heterocycles.